The monoisotopic (exact) mass is 182 g/mol. The van der Waals surface area contributed by atoms with Crippen LogP contribution in [0.1, 0.15) is 34.1 Å². The Morgan fingerprint density at radius 2 is 1.92 bits per heavy atom. The molecular formula is C11H22N2. The zero-order chi connectivity index (χ0) is 9.64. The lowest BCUT2D eigenvalue weighted by molar-refractivity contribution is 0.123. The Bertz CT molecular complexity index is 200. The highest BCUT2D eigenvalue weighted by molar-refractivity contribution is 5.05. The van der Waals surface area contributed by atoms with E-state index in [1.54, 1.807) is 0 Å². The highest BCUT2D eigenvalue weighted by Gasteiger charge is 2.51. The Kier molecular flexibility index (Phi) is 2.16. The van der Waals surface area contributed by atoms with Crippen LogP contribution in [-0.2, 0) is 0 Å². The molecule has 0 aromatic rings. The minimum absolute atomic E-state index is 0.589. The number of nitrogens with one attached hydrogen (secondary N) is 1. The molecule has 2 rings (SSSR count). The fraction of sp³-hybridized carbons (Fsp3) is 1.00. The molecule has 1 heterocycles. The SMILES string of the molecule is CC1CN(C2CC2(C)C)C(C)CN1. The lowest BCUT2D eigenvalue weighted by Crippen LogP contribution is -2.55. The minimum Gasteiger partial charge on any atom is -0.311 e. The topological polar surface area (TPSA) is 15.3 Å². The van der Waals surface area contributed by atoms with Gasteiger partial charge in [-0.05, 0) is 25.7 Å². The van der Waals surface area contributed by atoms with Gasteiger partial charge in [-0.1, -0.05) is 13.8 Å². The highest BCUT2D eigenvalue weighted by atomic mass is 15.3. The molecule has 0 bridgehead atoms. The van der Waals surface area contributed by atoms with Gasteiger partial charge in [0.05, 0.1) is 0 Å². The highest BCUT2D eigenvalue weighted by Crippen LogP contribution is 2.49. The van der Waals surface area contributed by atoms with Crippen LogP contribution in [0, 0.1) is 5.41 Å². The number of piperazine rings is 1. The van der Waals surface area contributed by atoms with Gasteiger partial charge in [-0.3, -0.25) is 4.90 Å². The third kappa shape index (κ3) is 1.75. The first-order chi connectivity index (χ1) is 6.00. The molecule has 2 fully saturated rings. The number of rotatable bonds is 1. The van der Waals surface area contributed by atoms with E-state index >= 15 is 0 Å². The molecule has 1 N–H and O–H groups in total. The van der Waals surface area contributed by atoms with Gasteiger partial charge in [0.25, 0.3) is 0 Å². The van der Waals surface area contributed by atoms with Crippen molar-refractivity contribution >= 4 is 0 Å². The average molecular weight is 182 g/mol. The molecule has 2 aliphatic rings. The van der Waals surface area contributed by atoms with Gasteiger partial charge in [0, 0.05) is 31.2 Å². The quantitative estimate of drug-likeness (QED) is 0.660. The molecular weight excluding hydrogens is 160 g/mol. The molecule has 0 aromatic heterocycles. The maximum atomic E-state index is 3.53. The summed E-state index contributed by atoms with van der Waals surface area (Å²) in [5, 5.41) is 3.53. The lowest BCUT2D eigenvalue weighted by atomic mass is 10.1. The van der Waals surface area contributed by atoms with Crippen LogP contribution < -0.4 is 5.32 Å². The summed E-state index contributed by atoms with van der Waals surface area (Å²) >= 11 is 0. The van der Waals surface area contributed by atoms with E-state index in [4.69, 9.17) is 0 Å². The Labute approximate surface area is 81.7 Å². The van der Waals surface area contributed by atoms with E-state index in [2.05, 4.69) is 37.9 Å². The molecule has 0 aromatic carbocycles. The van der Waals surface area contributed by atoms with Gasteiger partial charge in [0.2, 0.25) is 0 Å². The molecule has 0 amide bonds. The van der Waals surface area contributed by atoms with Gasteiger partial charge in [-0.2, -0.15) is 0 Å². The zero-order valence-corrected chi connectivity index (χ0v) is 9.30. The van der Waals surface area contributed by atoms with Crippen LogP contribution in [-0.4, -0.2) is 36.1 Å². The van der Waals surface area contributed by atoms with E-state index in [9.17, 15) is 0 Å². The molecule has 2 nitrogen and oxygen atoms in total. The van der Waals surface area contributed by atoms with E-state index in [0.717, 1.165) is 18.6 Å². The fourth-order valence-corrected chi connectivity index (χ4v) is 2.49. The van der Waals surface area contributed by atoms with Gasteiger partial charge in [0.15, 0.2) is 0 Å². The van der Waals surface area contributed by atoms with Gasteiger partial charge < -0.3 is 5.32 Å². The molecule has 1 aliphatic carbocycles. The summed E-state index contributed by atoms with van der Waals surface area (Å²) in [6, 6.07) is 2.25. The molecule has 0 radical (unpaired) electrons. The molecule has 3 atom stereocenters. The Balaban J connectivity index is 1.97. The van der Waals surface area contributed by atoms with Crippen molar-refractivity contribution in [1.82, 2.24) is 10.2 Å². The third-order valence-corrected chi connectivity index (χ3v) is 3.67. The van der Waals surface area contributed by atoms with Gasteiger partial charge >= 0.3 is 0 Å². The smallest absolute Gasteiger partial charge is 0.0196 e. The van der Waals surface area contributed by atoms with E-state index < -0.39 is 0 Å². The Morgan fingerprint density at radius 3 is 2.46 bits per heavy atom. The van der Waals surface area contributed by atoms with Crippen LogP contribution in [0.15, 0.2) is 0 Å². The van der Waals surface area contributed by atoms with Crippen molar-refractivity contribution in [3.05, 3.63) is 0 Å². The summed E-state index contributed by atoms with van der Waals surface area (Å²) in [6.07, 6.45) is 1.39. The molecule has 13 heavy (non-hydrogen) atoms. The van der Waals surface area contributed by atoms with Crippen molar-refractivity contribution in [1.29, 1.82) is 0 Å². The maximum absolute atomic E-state index is 3.53. The predicted octanol–water partition coefficient (Wildman–Crippen LogP) is 1.47. The van der Waals surface area contributed by atoms with Crippen molar-refractivity contribution < 1.29 is 0 Å². The van der Waals surface area contributed by atoms with Crippen LogP contribution in [0.25, 0.3) is 0 Å². The zero-order valence-electron chi connectivity index (χ0n) is 9.30. The van der Waals surface area contributed by atoms with E-state index in [1.165, 1.54) is 13.0 Å². The first-order valence-electron chi connectivity index (χ1n) is 5.50. The van der Waals surface area contributed by atoms with E-state index in [1.807, 2.05) is 0 Å². The molecule has 2 heteroatoms. The molecule has 1 saturated heterocycles. The van der Waals surface area contributed by atoms with E-state index in [0.29, 0.717) is 11.5 Å². The number of hydrogen-bond donors (Lipinski definition) is 1. The molecule has 3 unspecified atom stereocenters. The molecule has 0 spiro atoms. The standard InChI is InChI=1S/C11H22N2/c1-8-7-13(9(2)6-12-8)10-5-11(10,3)4/h8-10,12H,5-7H2,1-4H3. The summed E-state index contributed by atoms with van der Waals surface area (Å²) in [5.74, 6) is 0. The number of nitrogens with zero attached hydrogens (tertiary/aromatic N) is 1. The summed E-state index contributed by atoms with van der Waals surface area (Å²) in [6.45, 7) is 11.8. The molecule has 1 saturated carbocycles. The summed E-state index contributed by atoms with van der Waals surface area (Å²) in [4.78, 5) is 2.70. The van der Waals surface area contributed by atoms with Crippen molar-refractivity contribution in [3.8, 4) is 0 Å². The number of hydrogen-bond acceptors (Lipinski definition) is 2. The third-order valence-electron chi connectivity index (χ3n) is 3.67. The Hall–Kier alpha value is -0.0800. The first kappa shape index (κ1) is 9.47. The maximum Gasteiger partial charge on any atom is 0.0196 e. The normalized spacial score (nSPS) is 44.8. The van der Waals surface area contributed by atoms with Crippen LogP contribution in [0.5, 0.6) is 0 Å². The lowest BCUT2D eigenvalue weighted by Gasteiger charge is -2.38. The second-order valence-electron chi connectivity index (χ2n) is 5.56. The van der Waals surface area contributed by atoms with Gasteiger partial charge in [-0.25, -0.2) is 0 Å². The van der Waals surface area contributed by atoms with Crippen molar-refractivity contribution in [2.24, 2.45) is 5.41 Å². The minimum atomic E-state index is 0.589. The molecule has 1 aliphatic heterocycles. The Morgan fingerprint density at radius 1 is 1.31 bits per heavy atom. The largest absolute Gasteiger partial charge is 0.311 e. The van der Waals surface area contributed by atoms with Crippen molar-refractivity contribution in [2.45, 2.75) is 52.2 Å². The van der Waals surface area contributed by atoms with Crippen LogP contribution in [0.3, 0.4) is 0 Å². The summed E-state index contributed by atoms with van der Waals surface area (Å²) in [7, 11) is 0. The first-order valence-corrected chi connectivity index (χ1v) is 5.50. The van der Waals surface area contributed by atoms with Crippen molar-refractivity contribution in [3.63, 3.8) is 0 Å². The molecule has 76 valence electrons. The fourth-order valence-electron chi connectivity index (χ4n) is 2.49. The van der Waals surface area contributed by atoms with Crippen LogP contribution in [0.2, 0.25) is 0 Å². The van der Waals surface area contributed by atoms with Gasteiger partial charge in [-0.15, -0.1) is 0 Å². The van der Waals surface area contributed by atoms with E-state index in [-0.39, 0.29) is 0 Å². The van der Waals surface area contributed by atoms with Crippen molar-refractivity contribution in [2.75, 3.05) is 13.1 Å². The van der Waals surface area contributed by atoms with Crippen LogP contribution in [0.4, 0.5) is 0 Å². The van der Waals surface area contributed by atoms with Gasteiger partial charge in [0.1, 0.15) is 0 Å². The predicted molar refractivity (Wildman–Crippen MR) is 55.8 cm³/mol. The van der Waals surface area contributed by atoms with Crippen LogP contribution >= 0.6 is 0 Å². The second kappa shape index (κ2) is 2.96. The summed E-state index contributed by atoms with van der Waals surface area (Å²) in [5.41, 5.74) is 0.589. The second-order valence-corrected chi connectivity index (χ2v) is 5.56. The summed E-state index contributed by atoms with van der Waals surface area (Å²) < 4.78 is 0. The average Bonchev–Trinajstić information content (AvgIpc) is 2.65.